The Hall–Kier alpha value is -1.42. The molecule has 0 aliphatic carbocycles. The SMILES string of the molecule is CC1=CC(=O)N(c2c(C)cc(C)cc2Br)C1=O. The second-order valence-electron chi connectivity index (χ2n) is 4.22. The van der Waals surface area contributed by atoms with Crippen LogP contribution in [0.2, 0.25) is 0 Å². The molecule has 1 heterocycles. The third-order valence-electron chi connectivity index (χ3n) is 2.72. The molecule has 0 atom stereocenters. The van der Waals surface area contributed by atoms with E-state index < -0.39 is 0 Å². The van der Waals surface area contributed by atoms with Crippen molar-refractivity contribution in [2.45, 2.75) is 20.8 Å². The first kappa shape index (κ1) is 12.0. The average Bonchev–Trinajstić information content (AvgIpc) is 2.43. The maximum atomic E-state index is 11.9. The van der Waals surface area contributed by atoms with Crippen molar-refractivity contribution in [1.29, 1.82) is 0 Å². The molecular formula is C13H12BrNO2. The molecule has 0 spiro atoms. The van der Waals surface area contributed by atoms with Crippen LogP contribution in [0.1, 0.15) is 18.1 Å². The number of aryl methyl sites for hydroxylation is 2. The number of carbonyl (C=O) groups is 2. The van der Waals surface area contributed by atoms with E-state index in [1.807, 2.05) is 26.0 Å². The van der Waals surface area contributed by atoms with Gasteiger partial charge in [-0.05, 0) is 53.9 Å². The maximum Gasteiger partial charge on any atom is 0.261 e. The Kier molecular flexibility index (Phi) is 2.91. The molecule has 1 aromatic rings. The van der Waals surface area contributed by atoms with E-state index in [2.05, 4.69) is 15.9 Å². The summed E-state index contributed by atoms with van der Waals surface area (Å²) in [5.41, 5.74) is 3.10. The fourth-order valence-electron chi connectivity index (χ4n) is 1.99. The van der Waals surface area contributed by atoms with Crippen molar-refractivity contribution in [1.82, 2.24) is 0 Å². The van der Waals surface area contributed by atoms with Crippen LogP contribution < -0.4 is 4.90 Å². The third-order valence-corrected chi connectivity index (χ3v) is 3.33. The molecule has 2 rings (SSSR count). The highest BCUT2D eigenvalue weighted by molar-refractivity contribution is 9.10. The summed E-state index contributed by atoms with van der Waals surface area (Å²) in [7, 11) is 0. The van der Waals surface area contributed by atoms with E-state index >= 15 is 0 Å². The van der Waals surface area contributed by atoms with E-state index in [4.69, 9.17) is 0 Å². The Balaban J connectivity index is 2.57. The molecule has 4 heteroatoms. The number of anilines is 1. The fraction of sp³-hybridized carbons (Fsp3) is 0.231. The van der Waals surface area contributed by atoms with Crippen LogP contribution >= 0.6 is 15.9 Å². The summed E-state index contributed by atoms with van der Waals surface area (Å²) in [5, 5.41) is 0. The lowest BCUT2D eigenvalue weighted by Gasteiger charge is -2.19. The number of hydrogen-bond donors (Lipinski definition) is 0. The van der Waals surface area contributed by atoms with Crippen molar-refractivity contribution >= 4 is 33.4 Å². The Morgan fingerprint density at radius 1 is 1.12 bits per heavy atom. The van der Waals surface area contributed by atoms with Crippen LogP contribution in [-0.4, -0.2) is 11.8 Å². The van der Waals surface area contributed by atoms with Crippen LogP contribution in [0.15, 0.2) is 28.3 Å². The van der Waals surface area contributed by atoms with Crippen LogP contribution in [0.25, 0.3) is 0 Å². The largest absolute Gasteiger partial charge is 0.269 e. The molecule has 88 valence electrons. The van der Waals surface area contributed by atoms with Crippen LogP contribution in [0, 0.1) is 13.8 Å². The number of benzene rings is 1. The Morgan fingerprint density at radius 2 is 1.76 bits per heavy atom. The van der Waals surface area contributed by atoms with Gasteiger partial charge >= 0.3 is 0 Å². The number of hydrogen-bond acceptors (Lipinski definition) is 2. The lowest BCUT2D eigenvalue weighted by atomic mass is 10.1. The fourth-order valence-corrected chi connectivity index (χ4v) is 2.84. The molecule has 0 radical (unpaired) electrons. The minimum Gasteiger partial charge on any atom is -0.269 e. The van der Waals surface area contributed by atoms with Gasteiger partial charge in [-0.1, -0.05) is 6.07 Å². The first-order valence-corrected chi connectivity index (χ1v) is 6.04. The normalized spacial score (nSPS) is 15.5. The predicted octanol–water partition coefficient (Wildman–Crippen LogP) is 2.89. The summed E-state index contributed by atoms with van der Waals surface area (Å²) in [5.74, 6) is -0.525. The highest BCUT2D eigenvalue weighted by Crippen LogP contribution is 2.34. The molecule has 0 fully saturated rings. The number of nitrogens with zero attached hydrogens (tertiary/aromatic N) is 1. The van der Waals surface area contributed by atoms with Gasteiger partial charge < -0.3 is 0 Å². The Labute approximate surface area is 108 Å². The number of amides is 2. The molecule has 1 aliphatic rings. The molecule has 0 bridgehead atoms. The van der Waals surface area contributed by atoms with E-state index in [-0.39, 0.29) is 11.8 Å². The molecule has 0 saturated heterocycles. The van der Waals surface area contributed by atoms with Gasteiger partial charge in [0.1, 0.15) is 0 Å². The summed E-state index contributed by atoms with van der Waals surface area (Å²) in [4.78, 5) is 24.9. The van der Waals surface area contributed by atoms with Crippen molar-refractivity contribution in [3.8, 4) is 0 Å². The van der Waals surface area contributed by atoms with Crippen molar-refractivity contribution in [2.24, 2.45) is 0 Å². The quantitative estimate of drug-likeness (QED) is 0.747. The van der Waals surface area contributed by atoms with Crippen LogP contribution in [0.4, 0.5) is 5.69 Å². The van der Waals surface area contributed by atoms with Gasteiger partial charge in [-0.15, -0.1) is 0 Å². The summed E-state index contributed by atoms with van der Waals surface area (Å²) in [6.07, 6.45) is 1.37. The van der Waals surface area contributed by atoms with Gasteiger partial charge in [0.2, 0.25) is 0 Å². The second-order valence-corrected chi connectivity index (χ2v) is 5.07. The highest BCUT2D eigenvalue weighted by atomic mass is 79.9. The van der Waals surface area contributed by atoms with Crippen molar-refractivity contribution in [3.63, 3.8) is 0 Å². The lowest BCUT2D eigenvalue weighted by molar-refractivity contribution is -0.120. The van der Waals surface area contributed by atoms with Gasteiger partial charge in [0, 0.05) is 16.1 Å². The Morgan fingerprint density at radius 3 is 2.24 bits per heavy atom. The zero-order valence-corrected chi connectivity index (χ0v) is 11.5. The molecule has 2 amide bonds. The molecule has 1 aliphatic heterocycles. The van der Waals surface area contributed by atoms with Crippen molar-refractivity contribution < 1.29 is 9.59 Å². The molecule has 3 nitrogen and oxygen atoms in total. The predicted molar refractivity (Wildman–Crippen MR) is 69.9 cm³/mol. The smallest absolute Gasteiger partial charge is 0.261 e. The monoisotopic (exact) mass is 293 g/mol. The lowest BCUT2D eigenvalue weighted by Crippen LogP contribution is -2.31. The van der Waals surface area contributed by atoms with Gasteiger partial charge in [-0.25, -0.2) is 4.90 Å². The van der Waals surface area contributed by atoms with Crippen molar-refractivity contribution in [3.05, 3.63) is 39.4 Å². The highest BCUT2D eigenvalue weighted by Gasteiger charge is 2.32. The summed E-state index contributed by atoms with van der Waals surface area (Å²) in [6.45, 7) is 5.51. The van der Waals surface area contributed by atoms with E-state index in [1.165, 1.54) is 11.0 Å². The molecule has 0 saturated carbocycles. The first-order valence-electron chi connectivity index (χ1n) is 5.25. The molecule has 0 unspecified atom stereocenters. The molecule has 17 heavy (non-hydrogen) atoms. The second kappa shape index (κ2) is 4.11. The van der Waals surface area contributed by atoms with E-state index in [9.17, 15) is 9.59 Å². The number of imide groups is 1. The minimum absolute atomic E-state index is 0.248. The van der Waals surface area contributed by atoms with E-state index in [1.54, 1.807) is 6.92 Å². The van der Waals surface area contributed by atoms with Gasteiger partial charge in [0.15, 0.2) is 0 Å². The topological polar surface area (TPSA) is 37.4 Å². The average molecular weight is 294 g/mol. The minimum atomic E-state index is -0.278. The number of halogens is 1. The first-order chi connectivity index (χ1) is 7.91. The third kappa shape index (κ3) is 1.93. The van der Waals surface area contributed by atoms with Gasteiger partial charge in [-0.3, -0.25) is 9.59 Å². The molecule has 0 aromatic heterocycles. The molecular weight excluding hydrogens is 282 g/mol. The van der Waals surface area contributed by atoms with E-state index in [0.29, 0.717) is 11.3 Å². The zero-order chi connectivity index (χ0) is 12.7. The molecule has 1 aromatic carbocycles. The van der Waals surface area contributed by atoms with Gasteiger partial charge in [-0.2, -0.15) is 0 Å². The number of rotatable bonds is 1. The van der Waals surface area contributed by atoms with Gasteiger partial charge in [0.25, 0.3) is 11.8 Å². The van der Waals surface area contributed by atoms with Crippen molar-refractivity contribution in [2.75, 3.05) is 4.90 Å². The zero-order valence-electron chi connectivity index (χ0n) is 9.87. The standard InChI is InChI=1S/C13H12BrNO2/c1-7-4-8(2)12(10(14)5-7)15-11(16)6-9(3)13(15)17/h4-6H,1-3H3. The van der Waals surface area contributed by atoms with Crippen LogP contribution in [-0.2, 0) is 9.59 Å². The number of carbonyl (C=O) groups excluding carboxylic acids is 2. The summed E-state index contributed by atoms with van der Waals surface area (Å²) in [6, 6.07) is 3.85. The van der Waals surface area contributed by atoms with E-state index in [0.717, 1.165) is 15.6 Å². The van der Waals surface area contributed by atoms with Crippen LogP contribution in [0.5, 0.6) is 0 Å². The summed E-state index contributed by atoms with van der Waals surface area (Å²) < 4.78 is 0.764. The Bertz CT molecular complexity index is 538. The maximum absolute atomic E-state index is 11.9. The summed E-state index contributed by atoms with van der Waals surface area (Å²) >= 11 is 3.41. The van der Waals surface area contributed by atoms with Gasteiger partial charge in [0.05, 0.1) is 5.69 Å². The molecule has 0 N–H and O–H groups in total. The van der Waals surface area contributed by atoms with Crippen LogP contribution in [0.3, 0.4) is 0 Å².